The first-order chi connectivity index (χ1) is 17.7. The lowest BCUT2D eigenvalue weighted by Gasteiger charge is -2.35. The van der Waals surface area contributed by atoms with Gasteiger partial charge in [0.25, 0.3) is 0 Å². The van der Waals surface area contributed by atoms with Gasteiger partial charge in [0.1, 0.15) is 6.04 Å². The molecule has 3 aromatic carbocycles. The number of nitrogens with two attached hydrogens (primary N) is 1. The predicted octanol–water partition coefficient (Wildman–Crippen LogP) is 3.53. The molecule has 0 spiro atoms. The van der Waals surface area contributed by atoms with Crippen LogP contribution in [0, 0.1) is 0 Å². The number of carbonyl (C=O) groups is 2. The smallest absolute Gasteiger partial charge is 0.326 e. The molecule has 0 aliphatic carbocycles. The molecule has 9 heteroatoms. The molecule has 4 aromatic rings. The van der Waals surface area contributed by atoms with Gasteiger partial charge in [0.05, 0.1) is 16.6 Å². The summed E-state index contributed by atoms with van der Waals surface area (Å²) in [6.45, 7) is 4.27. The van der Waals surface area contributed by atoms with Crippen LogP contribution >= 0.6 is 12.4 Å². The SMILES string of the molecule is CC(C)(N)C(=O)NC(Cc1ccc2ccccc2c1)C(=O)N1CCC(n2c(=O)[nH]c3ccccc32)CC1.Cl. The number of aromatic amines is 1. The first kappa shape index (κ1) is 27.4. The fourth-order valence-corrected chi connectivity index (χ4v) is 5.15. The van der Waals surface area contributed by atoms with Crippen molar-refractivity contribution in [2.75, 3.05) is 13.1 Å². The van der Waals surface area contributed by atoms with Crippen LogP contribution in [-0.4, -0.2) is 50.9 Å². The van der Waals surface area contributed by atoms with E-state index in [9.17, 15) is 14.4 Å². The molecule has 0 saturated carbocycles. The molecule has 2 amide bonds. The Hall–Kier alpha value is -3.62. The Morgan fingerprint density at radius 3 is 2.39 bits per heavy atom. The summed E-state index contributed by atoms with van der Waals surface area (Å²) in [4.78, 5) is 43.8. The number of nitrogens with zero attached hydrogens (tertiary/aromatic N) is 2. The van der Waals surface area contributed by atoms with E-state index in [1.54, 1.807) is 18.7 Å². The third-order valence-electron chi connectivity index (χ3n) is 7.21. The number of imidazole rings is 1. The highest BCUT2D eigenvalue weighted by Gasteiger charge is 2.33. The highest BCUT2D eigenvalue weighted by Crippen LogP contribution is 2.26. The standard InChI is InChI=1S/C29H33N5O3.ClH/c1-29(2,30)27(36)31-24(18-19-11-12-20-7-3-4-8-21(20)17-19)26(35)33-15-13-22(14-16-33)34-25-10-6-5-9-23(25)32-28(34)37;/h3-12,17,22,24H,13-16,18,30H2,1-2H3,(H,31,36)(H,32,37);1H. The Labute approximate surface area is 227 Å². The van der Waals surface area contributed by atoms with Crippen molar-refractivity contribution in [3.63, 3.8) is 0 Å². The number of nitrogens with one attached hydrogen (secondary N) is 2. The zero-order chi connectivity index (χ0) is 26.2. The minimum absolute atomic E-state index is 0. The molecule has 8 nitrogen and oxygen atoms in total. The van der Waals surface area contributed by atoms with E-state index in [4.69, 9.17) is 5.73 Å². The van der Waals surface area contributed by atoms with Crippen LogP contribution in [0.25, 0.3) is 21.8 Å². The van der Waals surface area contributed by atoms with Crippen molar-refractivity contribution < 1.29 is 9.59 Å². The van der Waals surface area contributed by atoms with Crippen molar-refractivity contribution >= 4 is 46.0 Å². The van der Waals surface area contributed by atoms with Crippen LogP contribution in [0.15, 0.2) is 71.5 Å². The van der Waals surface area contributed by atoms with Crippen LogP contribution in [0.1, 0.15) is 38.3 Å². The van der Waals surface area contributed by atoms with E-state index in [0.717, 1.165) is 27.4 Å². The van der Waals surface area contributed by atoms with E-state index in [2.05, 4.69) is 16.4 Å². The van der Waals surface area contributed by atoms with E-state index in [1.165, 1.54) is 0 Å². The normalized spacial score (nSPS) is 15.3. The summed E-state index contributed by atoms with van der Waals surface area (Å²) in [5.41, 5.74) is 7.46. The van der Waals surface area contributed by atoms with Gasteiger partial charge in [0, 0.05) is 25.6 Å². The summed E-state index contributed by atoms with van der Waals surface area (Å²) in [6, 6.07) is 21.1. The van der Waals surface area contributed by atoms with Crippen molar-refractivity contribution in [3.05, 3.63) is 82.8 Å². The molecule has 1 saturated heterocycles. The second-order valence-electron chi connectivity index (χ2n) is 10.5. The fourth-order valence-electron chi connectivity index (χ4n) is 5.15. The van der Waals surface area contributed by atoms with Crippen molar-refractivity contribution in [1.82, 2.24) is 19.8 Å². The van der Waals surface area contributed by atoms with E-state index >= 15 is 0 Å². The summed E-state index contributed by atoms with van der Waals surface area (Å²) in [5, 5.41) is 5.11. The number of hydrogen-bond acceptors (Lipinski definition) is 4. The zero-order valence-corrected chi connectivity index (χ0v) is 22.5. The van der Waals surface area contributed by atoms with Crippen LogP contribution in [0.5, 0.6) is 0 Å². The number of likely N-dealkylation sites (tertiary alicyclic amines) is 1. The monoisotopic (exact) mass is 535 g/mol. The first-order valence-electron chi connectivity index (χ1n) is 12.8. The van der Waals surface area contributed by atoms with Crippen LogP contribution in [0.4, 0.5) is 0 Å². The number of amides is 2. The van der Waals surface area contributed by atoms with Crippen LogP contribution < -0.4 is 16.7 Å². The van der Waals surface area contributed by atoms with E-state index in [1.807, 2.05) is 65.2 Å². The van der Waals surface area contributed by atoms with Crippen LogP contribution in [-0.2, 0) is 16.0 Å². The second-order valence-corrected chi connectivity index (χ2v) is 10.5. The molecule has 38 heavy (non-hydrogen) atoms. The third kappa shape index (κ3) is 5.61. The number of carbonyl (C=O) groups excluding carboxylic acids is 2. The van der Waals surface area contributed by atoms with Gasteiger partial charge in [0.15, 0.2) is 0 Å². The zero-order valence-electron chi connectivity index (χ0n) is 21.6. The number of H-pyrrole nitrogens is 1. The Morgan fingerprint density at radius 2 is 1.68 bits per heavy atom. The number of hydrogen-bond donors (Lipinski definition) is 3. The molecular weight excluding hydrogens is 502 g/mol. The Balaban J connectivity index is 0.00000336. The average molecular weight is 536 g/mol. The number of aromatic nitrogens is 2. The van der Waals surface area contributed by atoms with E-state index in [0.29, 0.717) is 32.4 Å². The Kier molecular flexibility index (Phi) is 7.94. The highest BCUT2D eigenvalue weighted by atomic mass is 35.5. The summed E-state index contributed by atoms with van der Waals surface area (Å²) >= 11 is 0. The van der Waals surface area contributed by atoms with Gasteiger partial charge in [-0.2, -0.15) is 0 Å². The van der Waals surface area contributed by atoms with Crippen molar-refractivity contribution in [2.24, 2.45) is 5.73 Å². The molecular formula is C29H34ClN5O3. The quantitative estimate of drug-likeness (QED) is 0.350. The van der Waals surface area contributed by atoms with Crippen molar-refractivity contribution in [1.29, 1.82) is 0 Å². The maximum atomic E-state index is 13.7. The maximum Gasteiger partial charge on any atom is 0.326 e. The van der Waals surface area contributed by atoms with Gasteiger partial charge in [0.2, 0.25) is 11.8 Å². The van der Waals surface area contributed by atoms with Gasteiger partial charge in [-0.1, -0.05) is 54.6 Å². The molecule has 200 valence electrons. The van der Waals surface area contributed by atoms with Crippen LogP contribution in [0.3, 0.4) is 0 Å². The summed E-state index contributed by atoms with van der Waals surface area (Å²) in [5.74, 6) is -0.498. The molecule has 1 aliphatic rings. The molecule has 1 unspecified atom stereocenters. The summed E-state index contributed by atoms with van der Waals surface area (Å²) < 4.78 is 1.81. The molecule has 1 atom stereocenters. The lowest BCUT2D eigenvalue weighted by atomic mass is 9.98. The Morgan fingerprint density at radius 1 is 1.03 bits per heavy atom. The second kappa shape index (κ2) is 11.0. The molecule has 4 N–H and O–H groups in total. The topological polar surface area (TPSA) is 113 Å². The van der Waals surface area contributed by atoms with Crippen molar-refractivity contribution in [2.45, 2.75) is 50.7 Å². The van der Waals surface area contributed by atoms with Gasteiger partial charge in [-0.25, -0.2) is 4.79 Å². The summed E-state index contributed by atoms with van der Waals surface area (Å²) in [7, 11) is 0. The van der Waals surface area contributed by atoms with Crippen molar-refractivity contribution in [3.8, 4) is 0 Å². The number of rotatable bonds is 6. The molecule has 0 bridgehead atoms. The first-order valence-corrected chi connectivity index (χ1v) is 12.8. The average Bonchev–Trinajstić information content (AvgIpc) is 3.23. The van der Waals surface area contributed by atoms with Crippen LogP contribution in [0.2, 0.25) is 0 Å². The molecule has 0 radical (unpaired) electrons. The Bertz CT molecular complexity index is 1510. The third-order valence-corrected chi connectivity index (χ3v) is 7.21. The number of halogens is 1. The summed E-state index contributed by atoms with van der Waals surface area (Å²) in [6.07, 6.45) is 1.69. The number of para-hydroxylation sites is 2. The molecule has 1 aliphatic heterocycles. The fraction of sp³-hybridized carbons (Fsp3) is 0.345. The minimum Gasteiger partial charge on any atom is -0.342 e. The molecule has 1 aromatic heterocycles. The molecule has 1 fully saturated rings. The predicted molar refractivity (Wildman–Crippen MR) is 153 cm³/mol. The minimum atomic E-state index is -1.11. The van der Waals surface area contributed by atoms with Gasteiger partial charge >= 0.3 is 5.69 Å². The number of fused-ring (bicyclic) bond motifs is 2. The van der Waals surface area contributed by atoms with Gasteiger partial charge in [-0.15, -0.1) is 12.4 Å². The van der Waals surface area contributed by atoms with Gasteiger partial charge < -0.3 is 20.9 Å². The lowest BCUT2D eigenvalue weighted by Crippen LogP contribution is -2.57. The van der Waals surface area contributed by atoms with E-state index < -0.39 is 11.6 Å². The number of benzene rings is 3. The van der Waals surface area contributed by atoms with Gasteiger partial charge in [-0.05, 0) is 55.2 Å². The molecule has 5 rings (SSSR count). The van der Waals surface area contributed by atoms with Gasteiger partial charge in [-0.3, -0.25) is 14.2 Å². The highest BCUT2D eigenvalue weighted by molar-refractivity contribution is 5.92. The largest absolute Gasteiger partial charge is 0.342 e. The molecule has 2 heterocycles. The lowest BCUT2D eigenvalue weighted by molar-refractivity contribution is -0.138. The van der Waals surface area contributed by atoms with E-state index in [-0.39, 0.29) is 36.0 Å². The maximum absolute atomic E-state index is 13.7. The number of piperidine rings is 1.